The number of hydrogen-bond acceptors (Lipinski definition) is 2. The largest absolute Gasteiger partial charge is 0.419 e. The van der Waals surface area contributed by atoms with E-state index in [-0.39, 0.29) is 0 Å². The second kappa shape index (κ2) is 3.56. The molecule has 0 aromatic carbocycles. The summed E-state index contributed by atoms with van der Waals surface area (Å²) >= 11 is 0. The first kappa shape index (κ1) is 11.6. The van der Waals surface area contributed by atoms with Gasteiger partial charge in [-0.1, -0.05) is 0 Å². The molecule has 0 saturated carbocycles. The molecule has 0 aromatic rings. The van der Waals surface area contributed by atoms with Crippen molar-refractivity contribution in [3.8, 4) is 0 Å². The monoisotopic (exact) mass is 210 g/mol. The van der Waals surface area contributed by atoms with Crippen molar-refractivity contribution >= 4 is 10.1 Å². The molecular weight excluding hydrogens is 204 g/mol. The summed E-state index contributed by atoms with van der Waals surface area (Å²) in [6, 6.07) is 0. The summed E-state index contributed by atoms with van der Waals surface area (Å²) in [5, 5.41) is 0. The lowest BCUT2D eigenvalue weighted by Crippen LogP contribution is -2.26. The van der Waals surface area contributed by atoms with E-state index in [0.717, 1.165) is 0 Å². The molecule has 0 amide bonds. The van der Waals surface area contributed by atoms with E-state index >= 15 is 0 Å². The van der Waals surface area contributed by atoms with Gasteiger partial charge in [-0.3, -0.25) is 4.55 Å². The normalized spacial score (nSPS) is 16.1. The summed E-state index contributed by atoms with van der Waals surface area (Å²) < 4.78 is 73.8. The Balaban J connectivity index is 3.97. The van der Waals surface area contributed by atoms with Crippen molar-refractivity contribution in [3.63, 3.8) is 0 Å². The maximum atomic E-state index is 11.9. The van der Waals surface area contributed by atoms with Crippen molar-refractivity contribution in [2.75, 3.05) is 5.75 Å². The maximum absolute atomic E-state index is 11.9. The molecular formula is C4H6F4O3S. The first-order chi connectivity index (χ1) is 5.13. The molecule has 0 aromatic heterocycles. The van der Waals surface area contributed by atoms with Crippen molar-refractivity contribution in [2.45, 2.75) is 18.8 Å². The van der Waals surface area contributed by atoms with Crippen LogP contribution in [0, 0.1) is 0 Å². The summed E-state index contributed by atoms with van der Waals surface area (Å²) in [5.74, 6) is -1.23. The second-order valence-electron chi connectivity index (χ2n) is 2.08. The van der Waals surface area contributed by atoms with Gasteiger partial charge in [-0.25, -0.2) is 4.39 Å². The van der Waals surface area contributed by atoms with Gasteiger partial charge < -0.3 is 0 Å². The van der Waals surface area contributed by atoms with Crippen LogP contribution in [0.3, 0.4) is 0 Å². The average Bonchev–Trinajstić information content (AvgIpc) is 1.78. The van der Waals surface area contributed by atoms with Crippen molar-refractivity contribution in [2.24, 2.45) is 0 Å². The molecule has 1 N–H and O–H groups in total. The summed E-state index contributed by atoms with van der Waals surface area (Å²) in [5.41, 5.74) is 0. The molecule has 74 valence electrons. The Labute approximate surface area is 66.1 Å². The van der Waals surface area contributed by atoms with E-state index in [2.05, 4.69) is 0 Å². The average molecular weight is 210 g/mol. The van der Waals surface area contributed by atoms with Crippen LogP contribution in [0.25, 0.3) is 0 Å². The Kier molecular flexibility index (Phi) is 3.45. The van der Waals surface area contributed by atoms with Gasteiger partial charge in [-0.2, -0.15) is 21.6 Å². The zero-order chi connectivity index (χ0) is 9.99. The molecule has 8 heteroatoms. The zero-order valence-corrected chi connectivity index (χ0v) is 6.49. The molecule has 1 unspecified atom stereocenters. The van der Waals surface area contributed by atoms with Gasteiger partial charge in [-0.15, -0.1) is 0 Å². The van der Waals surface area contributed by atoms with Crippen LogP contribution in [0.1, 0.15) is 6.42 Å². The lowest BCUT2D eigenvalue weighted by molar-refractivity contribution is -0.180. The minimum Gasteiger partial charge on any atom is -0.286 e. The van der Waals surface area contributed by atoms with Gasteiger partial charge in [0.15, 0.2) is 6.17 Å². The fourth-order valence-corrected chi connectivity index (χ4v) is 0.921. The number of rotatable bonds is 3. The SMILES string of the molecule is O=S(=O)(O)CCC(F)C(F)(F)F. The standard InChI is InChI=1S/C4H6F4O3S/c5-3(4(6,7)8)1-2-12(9,10)11/h3H,1-2H2,(H,9,10,11). The van der Waals surface area contributed by atoms with E-state index in [1.54, 1.807) is 0 Å². The molecule has 0 aliphatic carbocycles. The molecule has 0 aliphatic heterocycles. The van der Waals surface area contributed by atoms with Gasteiger partial charge in [0.1, 0.15) is 0 Å². The van der Waals surface area contributed by atoms with Gasteiger partial charge >= 0.3 is 6.18 Å². The van der Waals surface area contributed by atoms with Crippen molar-refractivity contribution < 1.29 is 30.5 Å². The molecule has 0 spiro atoms. The zero-order valence-electron chi connectivity index (χ0n) is 5.68. The lowest BCUT2D eigenvalue weighted by Gasteiger charge is -2.10. The molecule has 0 aliphatic rings. The highest BCUT2D eigenvalue weighted by molar-refractivity contribution is 7.85. The van der Waals surface area contributed by atoms with E-state index in [0.29, 0.717) is 0 Å². The highest BCUT2D eigenvalue weighted by Gasteiger charge is 2.40. The van der Waals surface area contributed by atoms with Gasteiger partial charge in [-0.05, 0) is 0 Å². The van der Waals surface area contributed by atoms with Crippen molar-refractivity contribution in [1.29, 1.82) is 0 Å². The molecule has 3 nitrogen and oxygen atoms in total. The van der Waals surface area contributed by atoms with E-state index in [1.165, 1.54) is 0 Å². The van der Waals surface area contributed by atoms with Gasteiger partial charge in [0.2, 0.25) is 0 Å². The summed E-state index contributed by atoms with van der Waals surface area (Å²) in [7, 11) is -4.52. The number of hydrogen-bond donors (Lipinski definition) is 1. The van der Waals surface area contributed by atoms with Crippen molar-refractivity contribution in [1.82, 2.24) is 0 Å². The summed E-state index contributed by atoms with van der Waals surface area (Å²) in [6.45, 7) is 0. The quantitative estimate of drug-likeness (QED) is 0.561. The molecule has 0 radical (unpaired) electrons. The Bertz CT molecular complexity index is 231. The van der Waals surface area contributed by atoms with Crippen LogP contribution >= 0.6 is 0 Å². The molecule has 0 rings (SSSR count). The van der Waals surface area contributed by atoms with Crippen molar-refractivity contribution in [3.05, 3.63) is 0 Å². The van der Waals surface area contributed by atoms with E-state index in [1.807, 2.05) is 0 Å². The third-order valence-corrected chi connectivity index (χ3v) is 1.74. The molecule has 1 atom stereocenters. The topological polar surface area (TPSA) is 54.4 Å². The number of halogens is 4. The molecule has 0 bridgehead atoms. The second-order valence-corrected chi connectivity index (χ2v) is 3.66. The van der Waals surface area contributed by atoms with Gasteiger partial charge in [0, 0.05) is 6.42 Å². The Hall–Kier alpha value is -0.370. The predicted molar refractivity (Wildman–Crippen MR) is 32.0 cm³/mol. The number of alkyl halides is 4. The maximum Gasteiger partial charge on any atom is 0.419 e. The highest BCUT2D eigenvalue weighted by atomic mass is 32.2. The minimum atomic E-state index is -5.06. The highest BCUT2D eigenvalue weighted by Crippen LogP contribution is 2.25. The van der Waals surface area contributed by atoms with Crippen LogP contribution in [-0.4, -0.2) is 31.1 Å². The van der Waals surface area contributed by atoms with Gasteiger partial charge in [0.25, 0.3) is 10.1 Å². The molecule has 0 saturated heterocycles. The van der Waals surface area contributed by atoms with Crippen LogP contribution in [0.2, 0.25) is 0 Å². The fraction of sp³-hybridized carbons (Fsp3) is 1.00. The minimum absolute atomic E-state index is 1.23. The third-order valence-electron chi connectivity index (χ3n) is 0.984. The van der Waals surface area contributed by atoms with Crippen LogP contribution in [-0.2, 0) is 10.1 Å². The van der Waals surface area contributed by atoms with E-state index in [4.69, 9.17) is 4.55 Å². The molecule has 0 fully saturated rings. The molecule has 0 heterocycles. The van der Waals surface area contributed by atoms with E-state index in [9.17, 15) is 26.0 Å². The molecule has 12 heavy (non-hydrogen) atoms. The predicted octanol–water partition coefficient (Wildman–Crippen LogP) is 1.16. The first-order valence-corrected chi connectivity index (χ1v) is 4.40. The Morgan fingerprint density at radius 2 is 1.75 bits per heavy atom. The summed E-state index contributed by atoms with van der Waals surface area (Å²) in [4.78, 5) is 0. The van der Waals surface area contributed by atoms with Crippen LogP contribution in [0.15, 0.2) is 0 Å². The first-order valence-electron chi connectivity index (χ1n) is 2.79. The van der Waals surface area contributed by atoms with Crippen LogP contribution in [0.4, 0.5) is 17.6 Å². The van der Waals surface area contributed by atoms with E-state index < -0.39 is 34.6 Å². The van der Waals surface area contributed by atoms with Gasteiger partial charge in [0.05, 0.1) is 5.75 Å². The van der Waals surface area contributed by atoms with Crippen LogP contribution < -0.4 is 0 Å². The Morgan fingerprint density at radius 3 is 2.00 bits per heavy atom. The Morgan fingerprint density at radius 1 is 1.33 bits per heavy atom. The smallest absolute Gasteiger partial charge is 0.286 e. The lowest BCUT2D eigenvalue weighted by atomic mass is 10.3. The fourth-order valence-electron chi connectivity index (χ4n) is 0.416. The van der Waals surface area contributed by atoms with Crippen LogP contribution in [0.5, 0.6) is 0 Å². The third kappa shape index (κ3) is 5.30. The summed E-state index contributed by atoms with van der Waals surface area (Å²) in [6.07, 6.45) is -9.55.